The molecule has 3 nitrogen and oxygen atoms in total. The molecular weight excluding hydrogens is 166 g/mol. The van der Waals surface area contributed by atoms with Crippen molar-refractivity contribution >= 4 is 5.78 Å². The number of ketones is 1. The zero-order valence-electron chi connectivity index (χ0n) is 7.67. The van der Waals surface area contributed by atoms with Crippen LogP contribution in [0.5, 0.6) is 0 Å². The number of carbonyl (C=O) groups excluding carboxylic acids is 1. The van der Waals surface area contributed by atoms with Gasteiger partial charge in [0.1, 0.15) is 11.5 Å². The molecule has 0 amide bonds. The zero-order chi connectivity index (χ0) is 9.31. The van der Waals surface area contributed by atoms with Crippen molar-refractivity contribution in [2.75, 3.05) is 13.1 Å². The highest BCUT2D eigenvalue weighted by atomic mass is 16.3. The minimum Gasteiger partial charge on any atom is -0.469 e. The van der Waals surface area contributed by atoms with Gasteiger partial charge in [0.15, 0.2) is 0 Å². The van der Waals surface area contributed by atoms with Crippen LogP contribution in [0.3, 0.4) is 0 Å². The van der Waals surface area contributed by atoms with Gasteiger partial charge >= 0.3 is 0 Å². The zero-order valence-corrected chi connectivity index (χ0v) is 7.67. The fourth-order valence-electron chi connectivity index (χ4n) is 1.48. The van der Waals surface area contributed by atoms with Gasteiger partial charge in [-0.25, -0.2) is 0 Å². The van der Waals surface area contributed by atoms with Gasteiger partial charge in [0.25, 0.3) is 0 Å². The van der Waals surface area contributed by atoms with Crippen molar-refractivity contribution < 1.29 is 9.21 Å². The lowest BCUT2D eigenvalue weighted by Crippen LogP contribution is -2.56. The van der Waals surface area contributed by atoms with E-state index in [9.17, 15) is 4.79 Å². The molecule has 1 aromatic heterocycles. The van der Waals surface area contributed by atoms with Gasteiger partial charge in [-0.1, -0.05) is 6.92 Å². The third-order valence-corrected chi connectivity index (χ3v) is 2.62. The maximum atomic E-state index is 11.7. The van der Waals surface area contributed by atoms with Crippen LogP contribution in [0.1, 0.15) is 12.7 Å². The quantitative estimate of drug-likeness (QED) is 0.752. The first-order valence-corrected chi connectivity index (χ1v) is 4.47. The van der Waals surface area contributed by atoms with Crippen molar-refractivity contribution in [1.82, 2.24) is 5.32 Å². The Morgan fingerprint density at radius 3 is 2.92 bits per heavy atom. The smallest absolute Gasteiger partial charge is 0.148 e. The van der Waals surface area contributed by atoms with E-state index in [1.807, 2.05) is 19.1 Å². The second-order valence-electron chi connectivity index (χ2n) is 3.84. The van der Waals surface area contributed by atoms with Gasteiger partial charge in [0.05, 0.1) is 18.1 Å². The van der Waals surface area contributed by atoms with Crippen LogP contribution in [0.25, 0.3) is 0 Å². The number of hydrogen-bond acceptors (Lipinski definition) is 3. The van der Waals surface area contributed by atoms with Gasteiger partial charge in [-0.2, -0.15) is 0 Å². The third kappa shape index (κ3) is 1.52. The van der Waals surface area contributed by atoms with Crippen molar-refractivity contribution in [1.29, 1.82) is 0 Å². The second-order valence-corrected chi connectivity index (χ2v) is 3.84. The van der Waals surface area contributed by atoms with Crippen LogP contribution in [0.4, 0.5) is 0 Å². The number of furan rings is 1. The Balaban J connectivity index is 1.99. The lowest BCUT2D eigenvalue weighted by atomic mass is 9.78. The van der Waals surface area contributed by atoms with Crippen molar-refractivity contribution in [3.05, 3.63) is 24.2 Å². The molecule has 0 spiro atoms. The number of Topliss-reactive ketones (excluding diaryl/α,β-unsaturated/α-hetero) is 1. The predicted molar refractivity (Wildman–Crippen MR) is 48.4 cm³/mol. The standard InChI is InChI=1S/C10H13NO2/c1-10(6-11-7-10)9(12)5-8-3-2-4-13-8/h2-4,11H,5-7H2,1H3. The summed E-state index contributed by atoms with van der Waals surface area (Å²) in [5, 5.41) is 3.11. The molecular formula is C10H13NO2. The largest absolute Gasteiger partial charge is 0.469 e. The van der Waals surface area contributed by atoms with Gasteiger partial charge in [-0.05, 0) is 12.1 Å². The summed E-state index contributed by atoms with van der Waals surface area (Å²) in [4.78, 5) is 11.7. The Kier molecular flexibility index (Phi) is 1.96. The van der Waals surface area contributed by atoms with E-state index in [2.05, 4.69) is 5.32 Å². The molecule has 2 heterocycles. The lowest BCUT2D eigenvalue weighted by Gasteiger charge is -2.37. The maximum Gasteiger partial charge on any atom is 0.148 e. The van der Waals surface area contributed by atoms with Crippen molar-refractivity contribution in [3.8, 4) is 0 Å². The molecule has 0 atom stereocenters. The van der Waals surface area contributed by atoms with Crippen LogP contribution in [-0.4, -0.2) is 18.9 Å². The molecule has 0 aromatic carbocycles. The summed E-state index contributed by atoms with van der Waals surface area (Å²) in [5.41, 5.74) is -0.160. The maximum absolute atomic E-state index is 11.7. The first kappa shape index (κ1) is 8.51. The van der Waals surface area contributed by atoms with Gasteiger partial charge in [-0.15, -0.1) is 0 Å². The summed E-state index contributed by atoms with van der Waals surface area (Å²) in [6, 6.07) is 3.65. The van der Waals surface area contributed by atoms with Crippen LogP contribution in [0.2, 0.25) is 0 Å². The summed E-state index contributed by atoms with van der Waals surface area (Å²) in [7, 11) is 0. The Bertz CT molecular complexity index is 299. The first-order valence-electron chi connectivity index (χ1n) is 4.47. The normalized spacial score (nSPS) is 19.5. The fraction of sp³-hybridized carbons (Fsp3) is 0.500. The summed E-state index contributed by atoms with van der Waals surface area (Å²) >= 11 is 0. The highest BCUT2D eigenvalue weighted by molar-refractivity contribution is 5.87. The Morgan fingerprint density at radius 1 is 1.69 bits per heavy atom. The van der Waals surface area contributed by atoms with Gasteiger partial charge in [0, 0.05) is 13.1 Å². The number of nitrogens with one attached hydrogen (secondary N) is 1. The minimum atomic E-state index is -0.160. The molecule has 1 aliphatic rings. The fourth-order valence-corrected chi connectivity index (χ4v) is 1.48. The van der Waals surface area contributed by atoms with E-state index in [4.69, 9.17) is 4.42 Å². The molecule has 2 rings (SSSR count). The van der Waals surface area contributed by atoms with E-state index in [0.29, 0.717) is 6.42 Å². The highest BCUT2D eigenvalue weighted by Gasteiger charge is 2.38. The monoisotopic (exact) mass is 179 g/mol. The summed E-state index contributed by atoms with van der Waals surface area (Å²) < 4.78 is 5.13. The molecule has 0 unspecified atom stereocenters. The summed E-state index contributed by atoms with van der Waals surface area (Å²) in [6.45, 7) is 3.59. The van der Waals surface area contributed by atoms with Crippen LogP contribution >= 0.6 is 0 Å². The van der Waals surface area contributed by atoms with Gasteiger partial charge in [-0.3, -0.25) is 4.79 Å². The molecule has 0 aliphatic carbocycles. The minimum absolute atomic E-state index is 0.160. The van der Waals surface area contributed by atoms with Crippen LogP contribution in [0.15, 0.2) is 22.8 Å². The predicted octanol–water partition coefficient (Wildman–Crippen LogP) is 1.00. The summed E-state index contributed by atoms with van der Waals surface area (Å²) in [5.74, 6) is 1.03. The average molecular weight is 179 g/mol. The molecule has 0 bridgehead atoms. The SMILES string of the molecule is CC1(C(=O)Cc2ccco2)CNC1. The van der Waals surface area contributed by atoms with Gasteiger partial charge < -0.3 is 9.73 Å². The molecule has 1 N–H and O–H groups in total. The Hall–Kier alpha value is -1.09. The third-order valence-electron chi connectivity index (χ3n) is 2.62. The summed E-state index contributed by atoms with van der Waals surface area (Å²) in [6.07, 6.45) is 2.02. The molecule has 70 valence electrons. The number of carbonyl (C=O) groups is 1. The molecule has 1 saturated heterocycles. The van der Waals surface area contributed by atoms with E-state index in [1.165, 1.54) is 0 Å². The van der Waals surface area contributed by atoms with E-state index in [-0.39, 0.29) is 11.2 Å². The van der Waals surface area contributed by atoms with Crippen molar-refractivity contribution in [2.45, 2.75) is 13.3 Å². The van der Waals surface area contributed by atoms with Crippen molar-refractivity contribution in [2.24, 2.45) is 5.41 Å². The second kappa shape index (κ2) is 3.00. The molecule has 0 radical (unpaired) electrons. The van der Waals surface area contributed by atoms with E-state index >= 15 is 0 Å². The first-order chi connectivity index (χ1) is 6.21. The molecule has 0 saturated carbocycles. The topological polar surface area (TPSA) is 42.2 Å². The lowest BCUT2D eigenvalue weighted by molar-refractivity contribution is -0.129. The van der Waals surface area contributed by atoms with E-state index in [0.717, 1.165) is 18.8 Å². The molecule has 1 fully saturated rings. The van der Waals surface area contributed by atoms with Crippen molar-refractivity contribution in [3.63, 3.8) is 0 Å². The molecule has 13 heavy (non-hydrogen) atoms. The molecule has 3 heteroatoms. The number of rotatable bonds is 3. The van der Waals surface area contributed by atoms with Gasteiger partial charge in [0.2, 0.25) is 0 Å². The molecule has 1 aliphatic heterocycles. The number of hydrogen-bond donors (Lipinski definition) is 1. The Labute approximate surface area is 77.1 Å². The molecule has 1 aromatic rings. The van der Waals surface area contributed by atoms with E-state index < -0.39 is 0 Å². The average Bonchev–Trinajstić information content (AvgIpc) is 2.52. The van der Waals surface area contributed by atoms with Crippen LogP contribution in [0, 0.1) is 5.41 Å². The van der Waals surface area contributed by atoms with E-state index in [1.54, 1.807) is 6.26 Å². The van der Waals surface area contributed by atoms with Crippen LogP contribution < -0.4 is 5.32 Å². The van der Waals surface area contributed by atoms with Crippen LogP contribution in [-0.2, 0) is 11.2 Å². The highest BCUT2D eigenvalue weighted by Crippen LogP contribution is 2.24. The Morgan fingerprint density at radius 2 is 2.46 bits per heavy atom.